The summed E-state index contributed by atoms with van der Waals surface area (Å²) in [4.78, 5) is 2.44. The zero-order valence-electron chi connectivity index (χ0n) is 11.2. The Bertz CT molecular complexity index is 171. The average molecular weight is 228 g/mol. The van der Waals surface area contributed by atoms with Crippen molar-refractivity contribution in [3.63, 3.8) is 0 Å². The van der Waals surface area contributed by atoms with Crippen LogP contribution in [-0.4, -0.2) is 50.3 Å². The molecular weight excluding hydrogens is 200 g/mol. The third-order valence-corrected chi connectivity index (χ3v) is 3.26. The SMILES string of the molecule is CCCC(CNC1CC1)N(C)CCOCC. The summed E-state index contributed by atoms with van der Waals surface area (Å²) in [6, 6.07) is 1.49. The second kappa shape index (κ2) is 8.04. The predicted octanol–water partition coefficient (Wildman–Crippen LogP) is 1.88. The molecule has 0 bridgehead atoms. The van der Waals surface area contributed by atoms with E-state index in [0.717, 1.165) is 32.3 Å². The average Bonchev–Trinajstić information content (AvgIpc) is 3.08. The molecule has 0 aromatic heterocycles. The first kappa shape index (κ1) is 13.9. The molecule has 1 aliphatic rings. The van der Waals surface area contributed by atoms with E-state index in [4.69, 9.17) is 4.74 Å². The fourth-order valence-electron chi connectivity index (χ4n) is 1.94. The van der Waals surface area contributed by atoms with E-state index in [1.807, 2.05) is 0 Å². The number of nitrogens with zero attached hydrogens (tertiary/aromatic N) is 1. The fourth-order valence-corrected chi connectivity index (χ4v) is 1.94. The van der Waals surface area contributed by atoms with Crippen LogP contribution in [0.15, 0.2) is 0 Å². The summed E-state index contributed by atoms with van der Waals surface area (Å²) in [7, 11) is 2.22. The van der Waals surface area contributed by atoms with Gasteiger partial charge in [-0.1, -0.05) is 13.3 Å². The fraction of sp³-hybridized carbons (Fsp3) is 1.00. The molecule has 16 heavy (non-hydrogen) atoms. The second-order valence-electron chi connectivity index (χ2n) is 4.80. The Morgan fingerprint density at radius 1 is 1.38 bits per heavy atom. The third kappa shape index (κ3) is 5.83. The lowest BCUT2D eigenvalue weighted by Gasteiger charge is -2.28. The topological polar surface area (TPSA) is 24.5 Å². The molecule has 0 saturated heterocycles. The maximum Gasteiger partial charge on any atom is 0.0593 e. The highest BCUT2D eigenvalue weighted by atomic mass is 16.5. The van der Waals surface area contributed by atoms with Crippen LogP contribution in [0.2, 0.25) is 0 Å². The third-order valence-electron chi connectivity index (χ3n) is 3.26. The lowest BCUT2D eigenvalue weighted by atomic mass is 10.1. The van der Waals surface area contributed by atoms with Crippen LogP contribution in [0.5, 0.6) is 0 Å². The Kier molecular flexibility index (Phi) is 7.01. The van der Waals surface area contributed by atoms with Crippen molar-refractivity contribution >= 4 is 0 Å². The van der Waals surface area contributed by atoms with Gasteiger partial charge in [-0.25, -0.2) is 0 Å². The summed E-state index contributed by atoms with van der Waals surface area (Å²) in [6.45, 7) is 8.19. The van der Waals surface area contributed by atoms with Crippen LogP contribution < -0.4 is 5.32 Å². The van der Waals surface area contributed by atoms with Crippen LogP contribution in [0.4, 0.5) is 0 Å². The molecule has 1 aliphatic carbocycles. The highest BCUT2D eigenvalue weighted by Crippen LogP contribution is 2.19. The zero-order valence-corrected chi connectivity index (χ0v) is 11.2. The quantitative estimate of drug-likeness (QED) is 0.578. The maximum atomic E-state index is 5.41. The smallest absolute Gasteiger partial charge is 0.0593 e. The van der Waals surface area contributed by atoms with E-state index in [2.05, 4.69) is 31.1 Å². The van der Waals surface area contributed by atoms with Gasteiger partial charge in [0.05, 0.1) is 6.61 Å². The van der Waals surface area contributed by atoms with Gasteiger partial charge < -0.3 is 10.1 Å². The minimum Gasteiger partial charge on any atom is -0.380 e. The van der Waals surface area contributed by atoms with Crippen molar-refractivity contribution in [3.05, 3.63) is 0 Å². The van der Waals surface area contributed by atoms with Gasteiger partial charge in [-0.3, -0.25) is 4.90 Å². The van der Waals surface area contributed by atoms with Crippen molar-refractivity contribution in [2.24, 2.45) is 0 Å². The standard InChI is InChI=1S/C13H28N2O/c1-4-6-13(11-14-12-7-8-12)15(3)9-10-16-5-2/h12-14H,4-11H2,1-3H3. The summed E-state index contributed by atoms with van der Waals surface area (Å²) in [5, 5.41) is 3.63. The van der Waals surface area contributed by atoms with Crippen molar-refractivity contribution in [1.82, 2.24) is 10.2 Å². The maximum absolute atomic E-state index is 5.41. The molecule has 1 N–H and O–H groups in total. The van der Waals surface area contributed by atoms with Gasteiger partial charge in [0.15, 0.2) is 0 Å². The van der Waals surface area contributed by atoms with E-state index < -0.39 is 0 Å². The van der Waals surface area contributed by atoms with Crippen LogP contribution in [-0.2, 0) is 4.74 Å². The second-order valence-corrected chi connectivity index (χ2v) is 4.80. The molecule has 1 rings (SSSR count). The number of hydrogen-bond donors (Lipinski definition) is 1. The first-order valence-electron chi connectivity index (χ1n) is 6.79. The number of rotatable bonds is 10. The summed E-state index contributed by atoms with van der Waals surface area (Å²) in [5.41, 5.74) is 0. The molecule has 0 heterocycles. The molecule has 96 valence electrons. The van der Waals surface area contributed by atoms with Crippen molar-refractivity contribution in [2.75, 3.05) is 33.4 Å². The van der Waals surface area contributed by atoms with E-state index in [1.165, 1.54) is 25.7 Å². The Morgan fingerprint density at radius 2 is 2.12 bits per heavy atom. The van der Waals surface area contributed by atoms with Gasteiger partial charge in [-0.15, -0.1) is 0 Å². The van der Waals surface area contributed by atoms with Gasteiger partial charge in [0.2, 0.25) is 0 Å². The Morgan fingerprint density at radius 3 is 2.69 bits per heavy atom. The van der Waals surface area contributed by atoms with E-state index >= 15 is 0 Å². The molecule has 3 heteroatoms. The zero-order chi connectivity index (χ0) is 11.8. The molecule has 1 unspecified atom stereocenters. The van der Waals surface area contributed by atoms with Crippen LogP contribution in [0, 0.1) is 0 Å². The molecular formula is C13H28N2O. The molecule has 0 amide bonds. The van der Waals surface area contributed by atoms with Gasteiger partial charge in [-0.05, 0) is 33.2 Å². The lowest BCUT2D eigenvalue weighted by Crippen LogP contribution is -2.42. The largest absolute Gasteiger partial charge is 0.380 e. The van der Waals surface area contributed by atoms with Gasteiger partial charge in [-0.2, -0.15) is 0 Å². The molecule has 0 aliphatic heterocycles. The van der Waals surface area contributed by atoms with Gasteiger partial charge in [0.1, 0.15) is 0 Å². The first-order valence-corrected chi connectivity index (χ1v) is 6.79. The molecule has 0 aromatic rings. The highest BCUT2D eigenvalue weighted by Gasteiger charge is 2.22. The first-order chi connectivity index (χ1) is 7.77. The van der Waals surface area contributed by atoms with Crippen LogP contribution >= 0.6 is 0 Å². The highest BCUT2D eigenvalue weighted by molar-refractivity contribution is 4.83. The predicted molar refractivity (Wildman–Crippen MR) is 68.8 cm³/mol. The van der Waals surface area contributed by atoms with Crippen LogP contribution in [0.25, 0.3) is 0 Å². The Balaban J connectivity index is 2.16. The summed E-state index contributed by atoms with van der Waals surface area (Å²) in [6.07, 6.45) is 5.29. The Labute approximate surface area is 101 Å². The van der Waals surface area contributed by atoms with Gasteiger partial charge in [0.25, 0.3) is 0 Å². The molecule has 0 aromatic carbocycles. The summed E-state index contributed by atoms with van der Waals surface area (Å²) < 4.78 is 5.41. The normalized spacial score (nSPS) is 18.0. The van der Waals surface area contributed by atoms with E-state index in [1.54, 1.807) is 0 Å². The molecule has 0 spiro atoms. The number of likely N-dealkylation sites (N-methyl/N-ethyl adjacent to an activating group) is 1. The minimum absolute atomic E-state index is 0.672. The molecule has 0 radical (unpaired) electrons. The Hall–Kier alpha value is -0.120. The van der Waals surface area contributed by atoms with Crippen molar-refractivity contribution < 1.29 is 4.74 Å². The molecule has 1 fully saturated rings. The van der Waals surface area contributed by atoms with E-state index in [9.17, 15) is 0 Å². The van der Waals surface area contributed by atoms with Crippen molar-refractivity contribution in [2.45, 2.75) is 51.6 Å². The lowest BCUT2D eigenvalue weighted by molar-refractivity contribution is 0.104. The van der Waals surface area contributed by atoms with Gasteiger partial charge in [0, 0.05) is 31.8 Å². The molecule has 1 atom stereocenters. The van der Waals surface area contributed by atoms with Crippen molar-refractivity contribution in [3.8, 4) is 0 Å². The monoisotopic (exact) mass is 228 g/mol. The van der Waals surface area contributed by atoms with Gasteiger partial charge >= 0.3 is 0 Å². The number of nitrogens with one attached hydrogen (secondary N) is 1. The number of ether oxygens (including phenoxy) is 1. The van der Waals surface area contributed by atoms with Crippen LogP contribution in [0.3, 0.4) is 0 Å². The summed E-state index contributed by atoms with van der Waals surface area (Å²) in [5.74, 6) is 0. The van der Waals surface area contributed by atoms with Crippen molar-refractivity contribution in [1.29, 1.82) is 0 Å². The van der Waals surface area contributed by atoms with E-state index in [0.29, 0.717) is 6.04 Å². The molecule has 1 saturated carbocycles. The summed E-state index contributed by atoms with van der Waals surface area (Å²) >= 11 is 0. The molecule has 3 nitrogen and oxygen atoms in total. The van der Waals surface area contributed by atoms with E-state index in [-0.39, 0.29) is 0 Å². The number of hydrogen-bond acceptors (Lipinski definition) is 3. The minimum atomic E-state index is 0.672. The van der Waals surface area contributed by atoms with Crippen LogP contribution in [0.1, 0.15) is 39.5 Å².